The maximum Gasteiger partial charge on any atom is 0.272 e. The molecule has 3 aromatic heterocycles. The van der Waals surface area contributed by atoms with Crippen molar-refractivity contribution in [2.45, 2.75) is 6.42 Å². The molecule has 4 rings (SSSR count). The van der Waals surface area contributed by atoms with E-state index in [4.69, 9.17) is 0 Å². The molecule has 0 bridgehead atoms. The Morgan fingerprint density at radius 1 is 0.957 bits per heavy atom. The number of rotatable bonds is 3. The van der Waals surface area contributed by atoms with Crippen LogP contribution in [-0.2, 0) is 6.42 Å². The average molecular weight is 319 g/mol. The van der Waals surface area contributed by atoms with Crippen molar-refractivity contribution in [3.05, 3.63) is 81.7 Å². The number of thiophene rings is 1. The minimum absolute atomic E-state index is 0.148. The predicted molar refractivity (Wildman–Crippen MR) is 92.7 cm³/mol. The first-order valence-electron chi connectivity index (χ1n) is 7.28. The number of nitrogens with zero attached hydrogens (tertiary/aromatic N) is 2. The summed E-state index contributed by atoms with van der Waals surface area (Å²) in [6, 6.07) is 17.6. The van der Waals surface area contributed by atoms with E-state index in [9.17, 15) is 4.79 Å². The molecule has 4 nitrogen and oxygen atoms in total. The van der Waals surface area contributed by atoms with Gasteiger partial charge in [-0.1, -0.05) is 24.3 Å². The van der Waals surface area contributed by atoms with Gasteiger partial charge in [-0.2, -0.15) is 5.10 Å². The van der Waals surface area contributed by atoms with Crippen LogP contribution in [0.5, 0.6) is 0 Å². The van der Waals surface area contributed by atoms with Crippen LogP contribution < -0.4 is 5.56 Å². The fourth-order valence-corrected chi connectivity index (χ4v) is 3.58. The Balaban J connectivity index is 1.71. The average Bonchev–Trinajstić information content (AvgIpc) is 3.07. The van der Waals surface area contributed by atoms with Crippen LogP contribution in [0.2, 0.25) is 0 Å². The summed E-state index contributed by atoms with van der Waals surface area (Å²) in [4.78, 5) is 18.6. The van der Waals surface area contributed by atoms with Crippen molar-refractivity contribution in [3.8, 4) is 10.6 Å². The lowest BCUT2D eigenvalue weighted by Gasteiger charge is -2.03. The van der Waals surface area contributed by atoms with Gasteiger partial charge in [0.15, 0.2) is 0 Å². The van der Waals surface area contributed by atoms with Gasteiger partial charge in [-0.25, -0.2) is 5.10 Å². The zero-order chi connectivity index (χ0) is 15.6. The standard InChI is InChI=1S/C18H13N3OS/c22-18-14-6-2-1-5-13(14)16(20-21-18)11-12-8-9-17(23-12)15-7-3-4-10-19-15/h1-10H,11H2,(H,21,22). The van der Waals surface area contributed by atoms with Gasteiger partial charge < -0.3 is 0 Å². The van der Waals surface area contributed by atoms with Crippen molar-refractivity contribution in [1.29, 1.82) is 0 Å². The van der Waals surface area contributed by atoms with E-state index < -0.39 is 0 Å². The molecule has 112 valence electrons. The number of aromatic amines is 1. The summed E-state index contributed by atoms with van der Waals surface area (Å²) < 4.78 is 0. The quantitative estimate of drug-likeness (QED) is 0.627. The van der Waals surface area contributed by atoms with Crippen molar-refractivity contribution in [1.82, 2.24) is 15.2 Å². The Hall–Kier alpha value is -2.79. The number of pyridine rings is 1. The smallest absolute Gasteiger partial charge is 0.267 e. The first-order valence-corrected chi connectivity index (χ1v) is 8.09. The summed E-state index contributed by atoms with van der Waals surface area (Å²) in [5.74, 6) is 0. The van der Waals surface area contributed by atoms with Gasteiger partial charge in [0.25, 0.3) is 5.56 Å². The lowest BCUT2D eigenvalue weighted by Crippen LogP contribution is -2.10. The van der Waals surface area contributed by atoms with Crippen molar-refractivity contribution in [2.24, 2.45) is 0 Å². The van der Waals surface area contributed by atoms with E-state index in [0.29, 0.717) is 11.8 Å². The van der Waals surface area contributed by atoms with Gasteiger partial charge in [0.1, 0.15) is 0 Å². The van der Waals surface area contributed by atoms with Crippen molar-refractivity contribution in [2.75, 3.05) is 0 Å². The van der Waals surface area contributed by atoms with Crippen LogP contribution in [0.25, 0.3) is 21.3 Å². The molecule has 4 aromatic rings. The monoisotopic (exact) mass is 319 g/mol. The van der Waals surface area contributed by atoms with E-state index in [1.807, 2.05) is 42.5 Å². The van der Waals surface area contributed by atoms with Crippen LogP contribution >= 0.6 is 11.3 Å². The second-order valence-corrected chi connectivity index (χ2v) is 6.37. The highest BCUT2D eigenvalue weighted by Gasteiger charge is 2.09. The molecule has 0 unspecified atom stereocenters. The number of H-pyrrole nitrogens is 1. The summed E-state index contributed by atoms with van der Waals surface area (Å²) in [6.07, 6.45) is 2.49. The van der Waals surface area contributed by atoms with E-state index in [0.717, 1.165) is 21.7 Å². The number of hydrogen-bond acceptors (Lipinski definition) is 4. The molecule has 0 radical (unpaired) electrons. The van der Waals surface area contributed by atoms with Crippen molar-refractivity contribution < 1.29 is 0 Å². The van der Waals surface area contributed by atoms with Crippen LogP contribution in [0, 0.1) is 0 Å². The minimum Gasteiger partial charge on any atom is -0.267 e. The van der Waals surface area contributed by atoms with Crippen LogP contribution in [0.15, 0.2) is 65.6 Å². The predicted octanol–water partition coefficient (Wildman–Crippen LogP) is 3.64. The van der Waals surface area contributed by atoms with E-state index >= 15 is 0 Å². The fourth-order valence-electron chi connectivity index (χ4n) is 2.59. The summed E-state index contributed by atoms with van der Waals surface area (Å²) in [6.45, 7) is 0. The fraction of sp³-hybridized carbons (Fsp3) is 0.0556. The van der Waals surface area contributed by atoms with Crippen molar-refractivity contribution in [3.63, 3.8) is 0 Å². The van der Waals surface area contributed by atoms with Crippen LogP contribution in [0.1, 0.15) is 10.6 Å². The molecule has 0 aliphatic heterocycles. The zero-order valence-electron chi connectivity index (χ0n) is 12.2. The molecule has 3 heterocycles. The van der Waals surface area contributed by atoms with Crippen LogP contribution in [0.4, 0.5) is 0 Å². The SMILES string of the molecule is O=c1[nH]nc(Cc2ccc(-c3ccccn3)s2)c2ccccc12. The largest absolute Gasteiger partial charge is 0.272 e. The third-order valence-corrected chi connectivity index (χ3v) is 4.80. The van der Waals surface area contributed by atoms with Crippen LogP contribution in [0.3, 0.4) is 0 Å². The molecule has 1 N–H and O–H groups in total. The number of nitrogens with one attached hydrogen (secondary N) is 1. The molecular formula is C18H13N3OS. The van der Waals surface area contributed by atoms with Gasteiger partial charge >= 0.3 is 0 Å². The van der Waals surface area contributed by atoms with Crippen LogP contribution in [-0.4, -0.2) is 15.2 Å². The lowest BCUT2D eigenvalue weighted by molar-refractivity contribution is 0.940. The maximum absolute atomic E-state index is 11.8. The van der Waals surface area contributed by atoms with E-state index in [2.05, 4.69) is 27.3 Å². The van der Waals surface area contributed by atoms with Gasteiger partial charge in [0, 0.05) is 22.9 Å². The van der Waals surface area contributed by atoms with E-state index in [-0.39, 0.29) is 5.56 Å². The third-order valence-electron chi connectivity index (χ3n) is 3.70. The molecule has 0 fully saturated rings. The lowest BCUT2D eigenvalue weighted by atomic mass is 10.1. The Labute approximate surface area is 136 Å². The van der Waals surface area contributed by atoms with Gasteiger partial charge in [-0.05, 0) is 30.3 Å². The van der Waals surface area contributed by atoms with Crippen molar-refractivity contribution >= 4 is 22.1 Å². The molecule has 0 aliphatic carbocycles. The maximum atomic E-state index is 11.8. The van der Waals surface area contributed by atoms with Gasteiger partial charge in [0.05, 0.1) is 21.7 Å². The Kier molecular flexibility index (Phi) is 3.48. The molecule has 0 saturated heterocycles. The normalized spacial score (nSPS) is 11.0. The highest BCUT2D eigenvalue weighted by atomic mass is 32.1. The second kappa shape index (κ2) is 5.78. The molecule has 23 heavy (non-hydrogen) atoms. The second-order valence-electron chi connectivity index (χ2n) is 5.20. The number of aromatic nitrogens is 3. The highest BCUT2D eigenvalue weighted by molar-refractivity contribution is 7.15. The molecule has 0 aliphatic rings. The Bertz CT molecular complexity index is 1020. The third kappa shape index (κ3) is 2.66. The highest BCUT2D eigenvalue weighted by Crippen LogP contribution is 2.28. The Morgan fingerprint density at radius 2 is 1.78 bits per heavy atom. The van der Waals surface area contributed by atoms with E-state index in [1.165, 1.54) is 4.88 Å². The van der Waals surface area contributed by atoms with Gasteiger partial charge in [0.2, 0.25) is 0 Å². The number of hydrogen-bond donors (Lipinski definition) is 1. The zero-order valence-corrected chi connectivity index (χ0v) is 13.0. The topological polar surface area (TPSA) is 58.6 Å². The summed E-state index contributed by atoms with van der Waals surface area (Å²) in [5, 5.41) is 8.41. The molecule has 1 aromatic carbocycles. The van der Waals surface area contributed by atoms with Gasteiger partial charge in [-0.15, -0.1) is 11.3 Å². The summed E-state index contributed by atoms with van der Waals surface area (Å²) in [7, 11) is 0. The molecule has 0 saturated carbocycles. The number of benzene rings is 1. The molecule has 0 atom stereocenters. The summed E-state index contributed by atoms with van der Waals surface area (Å²) in [5.41, 5.74) is 1.71. The summed E-state index contributed by atoms with van der Waals surface area (Å²) >= 11 is 1.70. The first-order chi connectivity index (χ1) is 11.3. The Morgan fingerprint density at radius 3 is 2.61 bits per heavy atom. The van der Waals surface area contributed by atoms with Gasteiger partial charge in [-0.3, -0.25) is 9.78 Å². The first kappa shape index (κ1) is 13.8. The molecule has 0 spiro atoms. The minimum atomic E-state index is -0.148. The molecule has 0 amide bonds. The number of fused-ring (bicyclic) bond motifs is 1. The van der Waals surface area contributed by atoms with E-state index in [1.54, 1.807) is 17.5 Å². The molecule has 5 heteroatoms. The molecular weight excluding hydrogens is 306 g/mol.